The van der Waals surface area contributed by atoms with Gasteiger partial charge in [-0.2, -0.15) is 0 Å². The number of carbonyl (C=O) groups excluding carboxylic acids is 1. The van der Waals surface area contributed by atoms with Crippen LogP contribution < -0.4 is 0 Å². The van der Waals surface area contributed by atoms with Gasteiger partial charge in [0, 0.05) is 13.0 Å². The van der Waals surface area contributed by atoms with Crippen LogP contribution in [-0.4, -0.2) is 12.4 Å². The van der Waals surface area contributed by atoms with Crippen LogP contribution in [0.4, 0.5) is 0 Å². The van der Waals surface area contributed by atoms with Crippen molar-refractivity contribution < 1.29 is 9.53 Å². The minimum Gasteiger partial charge on any atom is -0.374 e. The molecule has 1 heterocycles. The van der Waals surface area contributed by atoms with Crippen LogP contribution >= 0.6 is 11.3 Å². The first-order valence-corrected chi connectivity index (χ1v) is 8.48. The van der Waals surface area contributed by atoms with Crippen molar-refractivity contribution in [2.24, 2.45) is 0 Å². The van der Waals surface area contributed by atoms with E-state index in [-0.39, 0.29) is 11.9 Å². The minimum absolute atomic E-state index is 0.215. The summed E-state index contributed by atoms with van der Waals surface area (Å²) < 4.78 is 6.03. The topological polar surface area (TPSA) is 26.3 Å². The number of ether oxygens (including phenoxy) is 1. The highest BCUT2D eigenvalue weighted by Gasteiger charge is 2.20. The Morgan fingerprint density at radius 1 is 1.24 bits per heavy atom. The lowest BCUT2D eigenvalue weighted by Gasteiger charge is -2.25. The van der Waals surface area contributed by atoms with Gasteiger partial charge in [0.15, 0.2) is 5.78 Å². The summed E-state index contributed by atoms with van der Waals surface area (Å²) in [5, 5.41) is 1.95. The van der Waals surface area contributed by atoms with Gasteiger partial charge in [0.1, 0.15) is 0 Å². The van der Waals surface area contributed by atoms with Crippen LogP contribution in [0.5, 0.6) is 0 Å². The van der Waals surface area contributed by atoms with Crippen LogP contribution in [0.1, 0.15) is 52.6 Å². The van der Waals surface area contributed by atoms with Crippen molar-refractivity contribution in [1.29, 1.82) is 0 Å². The van der Waals surface area contributed by atoms with Crippen LogP contribution in [0, 0.1) is 0 Å². The van der Waals surface area contributed by atoms with Crippen molar-refractivity contribution in [3.8, 4) is 0 Å². The molecule has 0 N–H and O–H groups in total. The minimum atomic E-state index is 0.215. The van der Waals surface area contributed by atoms with Crippen LogP contribution in [-0.2, 0) is 11.2 Å². The summed E-state index contributed by atoms with van der Waals surface area (Å²) in [5.74, 6) is 0.234. The highest BCUT2D eigenvalue weighted by atomic mass is 32.1. The lowest BCUT2D eigenvalue weighted by Crippen LogP contribution is -2.13. The van der Waals surface area contributed by atoms with Crippen LogP contribution in [0.3, 0.4) is 0 Å². The second-order valence-electron chi connectivity index (χ2n) is 5.45. The van der Waals surface area contributed by atoms with Gasteiger partial charge in [0.25, 0.3) is 0 Å². The predicted octanol–water partition coefficient (Wildman–Crippen LogP) is 4.81. The Bertz CT molecular complexity index is 589. The second kappa shape index (κ2) is 7.01. The van der Waals surface area contributed by atoms with E-state index in [4.69, 9.17) is 4.74 Å². The molecular formula is C18H20O2S. The van der Waals surface area contributed by atoms with Gasteiger partial charge in [-0.1, -0.05) is 30.3 Å². The van der Waals surface area contributed by atoms with Crippen molar-refractivity contribution in [2.45, 2.75) is 38.2 Å². The fraction of sp³-hybridized carbons (Fsp3) is 0.389. The van der Waals surface area contributed by atoms with Gasteiger partial charge in [-0.25, -0.2) is 0 Å². The number of Topliss-reactive ketones (excluding diaryl/α,β-unsaturated/α-hetero) is 1. The third-order valence-electron chi connectivity index (χ3n) is 3.98. The lowest BCUT2D eigenvalue weighted by molar-refractivity contribution is 0.0380. The van der Waals surface area contributed by atoms with E-state index in [1.165, 1.54) is 28.9 Å². The van der Waals surface area contributed by atoms with Gasteiger partial charge in [-0.15, -0.1) is 11.3 Å². The average Bonchev–Trinajstić information content (AvgIpc) is 3.06. The molecule has 2 aromatic rings. The number of benzene rings is 1. The molecule has 0 spiro atoms. The SMILES string of the molecule is O=C(CCCOC1CCCc2ccccc21)c1cccs1. The summed E-state index contributed by atoms with van der Waals surface area (Å²) in [6.45, 7) is 0.663. The van der Waals surface area contributed by atoms with E-state index in [0.717, 1.165) is 24.1 Å². The Labute approximate surface area is 129 Å². The monoisotopic (exact) mass is 300 g/mol. The Hall–Kier alpha value is -1.45. The molecule has 1 atom stereocenters. The number of ketones is 1. The van der Waals surface area contributed by atoms with Crippen molar-refractivity contribution in [3.05, 3.63) is 57.8 Å². The summed E-state index contributed by atoms with van der Waals surface area (Å²) in [6.07, 6.45) is 5.04. The number of aryl methyl sites for hydroxylation is 1. The molecule has 0 amide bonds. The standard InChI is InChI=1S/C18H20O2S/c19-16(18-11-5-13-21-18)9-4-12-20-17-10-3-7-14-6-1-2-8-15(14)17/h1-2,5-6,8,11,13,17H,3-4,7,9-10,12H2. The Morgan fingerprint density at radius 2 is 2.14 bits per heavy atom. The largest absolute Gasteiger partial charge is 0.374 e. The van der Waals surface area contributed by atoms with Crippen molar-refractivity contribution in [1.82, 2.24) is 0 Å². The second-order valence-corrected chi connectivity index (χ2v) is 6.40. The normalized spacial score (nSPS) is 17.4. The highest BCUT2D eigenvalue weighted by Crippen LogP contribution is 2.32. The molecule has 0 fully saturated rings. The summed E-state index contributed by atoms with van der Waals surface area (Å²) >= 11 is 1.52. The van der Waals surface area contributed by atoms with Gasteiger partial charge >= 0.3 is 0 Å². The molecule has 0 aliphatic heterocycles. The molecule has 2 nitrogen and oxygen atoms in total. The van der Waals surface area contributed by atoms with E-state index >= 15 is 0 Å². The number of hydrogen-bond donors (Lipinski definition) is 0. The average molecular weight is 300 g/mol. The predicted molar refractivity (Wildman–Crippen MR) is 86.0 cm³/mol. The summed E-state index contributed by atoms with van der Waals surface area (Å²) in [7, 11) is 0. The number of thiophene rings is 1. The Morgan fingerprint density at radius 3 is 3.00 bits per heavy atom. The molecular weight excluding hydrogens is 280 g/mol. The molecule has 3 rings (SSSR count). The summed E-state index contributed by atoms with van der Waals surface area (Å²) in [4.78, 5) is 12.8. The number of hydrogen-bond acceptors (Lipinski definition) is 3. The van der Waals surface area contributed by atoms with E-state index in [1.54, 1.807) is 0 Å². The van der Waals surface area contributed by atoms with Crippen molar-refractivity contribution >= 4 is 17.1 Å². The van der Waals surface area contributed by atoms with Crippen LogP contribution in [0.2, 0.25) is 0 Å². The van der Waals surface area contributed by atoms with Gasteiger partial charge in [-0.3, -0.25) is 4.79 Å². The zero-order valence-electron chi connectivity index (χ0n) is 12.1. The zero-order valence-corrected chi connectivity index (χ0v) is 12.9. The number of rotatable bonds is 6. The van der Waals surface area contributed by atoms with E-state index in [2.05, 4.69) is 24.3 Å². The van der Waals surface area contributed by atoms with Gasteiger partial charge in [0.05, 0.1) is 11.0 Å². The van der Waals surface area contributed by atoms with E-state index in [0.29, 0.717) is 13.0 Å². The summed E-state index contributed by atoms with van der Waals surface area (Å²) in [5.41, 5.74) is 2.76. The molecule has 0 saturated heterocycles. The molecule has 0 saturated carbocycles. The Balaban J connectivity index is 1.47. The maximum atomic E-state index is 11.9. The van der Waals surface area contributed by atoms with E-state index in [1.807, 2.05) is 17.5 Å². The fourth-order valence-electron chi connectivity index (χ4n) is 2.90. The zero-order chi connectivity index (χ0) is 14.5. The molecule has 1 aliphatic carbocycles. The third-order valence-corrected chi connectivity index (χ3v) is 4.89. The van der Waals surface area contributed by atoms with Crippen molar-refractivity contribution in [3.63, 3.8) is 0 Å². The molecule has 3 heteroatoms. The molecule has 0 radical (unpaired) electrons. The molecule has 1 aromatic heterocycles. The first-order chi connectivity index (χ1) is 10.3. The molecule has 1 aliphatic rings. The lowest BCUT2D eigenvalue weighted by atomic mass is 9.89. The van der Waals surface area contributed by atoms with E-state index < -0.39 is 0 Å². The van der Waals surface area contributed by atoms with Gasteiger partial charge < -0.3 is 4.74 Å². The molecule has 21 heavy (non-hydrogen) atoms. The fourth-order valence-corrected chi connectivity index (χ4v) is 3.60. The Kier molecular flexibility index (Phi) is 4.84. The third kappa shape index (κ3) is 3.60. The van der Waals surface area contributed by atoms with Crippen LogP contribution in [0.15, 0.2) is 41.8 Å². The smallest absolute Gasteiger partial charge is 0.172 e. The number of fused-ring (bicyclic) bond motifs is 1. The first kappa shape index (κ1) is 14.5. The first-order valence-electron chi connectivity index (χ1n) is 7.61. The summed E-state index contributed by atoms with van der Waals surface area (Å²) in [6, 6.07) is 12.4. The maximum Gasteiger partial charge on any atom is 0.172 e. The number of carbonyl (C=O) groups is 1. The van der Waals surface area contributed by atoms with Gasteiger partial charge in [0.2, 0.25) is 0 Å². The van der Waals surface area contributed by atoms with Gasteiger partial charge in [-0.05, 0) is 48.3 Å². The van der Waals surface area contributed by atoms with E-state index in [9.17, 15) is 4.79 Å². The molecule has 1 unspecified atom stereocenters. The highest BCUT2D eigenvalue weighted by molar-refractivity contribution is 7.12. The molecule has 0 bridgehead atoms. The molecule has 110 valence electrons. The quantitative estimate of drug-likeness (QED) is 0.565. The van der Waals surface area contributed by atoms with Crippen LogP contribution in [0.25, 0.3) is 0 Å². The maximum absolute atomic E-state index is 11.9. The van der Waals surface area contributed by atoms with Crippen molar-refractivity contribution in [2.75, 3.05) is 6.61 Å². The molecule has 1 aromatic carbocycles.